The average Bonchev–Trinajstić information content (AvgIpc) is 2.54. The summed E-state index contributed by atoms with van der Waals surface area (Å²) in [5.74, 6) is 1.98. The summed E-state index contributed by atoms with van der Waals surface area (Å²) in [4.78, 5) is 2.21. The van der Waals surface area contributed by atoms with E-state index in [1.807, 2.05) is 18.2 Å². The summed E-state index contributed by atoms with van der Waals surface area (Å²) in [6, 6.07) is 8.07. The lowest BCUT2D eigenvalue weighted by Gasteiger charge is -2.28. The Morgan fingerprint density at radius 3 is 2.65 bits per heavy atom. The van der Waals surface area contributed by atoms with Crippen molar-refractivity contribution in [2.75, 3.05) is 40.0 Å². The third-order valence-corrected chi connectivity index (χ3v) is 4.41. The number of para-hydroxylation sites is 1. The minimum atomic E-state index is -0.472. The molecule has 130 valence electrons. The average molecular weight is 321 g/mol. The summed E-state index contributed by atoms with van der Waals surface area (Å²) in [6.07, 6.45) is 1.78. The number of aliphatic hydroxyl groups is 1. The summed E-state index contributed by atoms with van der Waals surface area (Å²) in [5, 5.41) is 10.2. The molecule has 23 heavy (non-hydrogen) atoms. The molecule has 1 heterocycles. The second-order valence-corrected chi connectivity index (χ2v) is 6.93. The van der Waals surface area contributed by atoms with E-state index in [1.54, 1.807) is 0 Å². The van der Waals surface area contributed by atoms with Crippen molar-refractivity contribution in [1.82, 2.24) is 4.90 Å². The number of benzene rings is 1. The fourth-order valence-corrected chi connectivity index (χ4v) is 3.13. The molecule has 1 aliphatic rings. The normalized spacial score (nSPS) is 17.7. The predicted molar refractivity (Wildman–Crippen MR) is 93.1 cm³/mol. The van der Waals surface area contributed by atoms with Gasteiger partial charge in [-0.25, -0.2) is 0 Å². The lowest BCUT2D eigenvalue weighted by Crippen LogP contribution is -2.37. The van der Waals surface area contributed by atoms with E-state index in [9.17, 15) is 5.11 Å². The molecule has 0 saturated carbocycles. The van der Waals surface area contributed by atoms with Gasteiger partial charge in [0, 0.05) is 26.3 Å². The number of likely N-dealkylation sites (N-methyl/N-ethyl adjacent to an activating group) is 1. The van der Waals surface area contributed by atoms with Crippen LogP contribution in [0, 0.1) is 5.92 Å². The summed E-state index contributed by atoms with van der Waals surface area (Å²) in [7, 11) is 2.07. The molecule has 1 aromatic carbocycles. The van der Waals surface area contributed by atoms with Crippen LogP contribution >= 0.6 is 0 Å². The maximum Gasteiger partial charge on any atom is 0.122 e. The molecule has 2 rings (SSSR count). The Labute approximate surface area is 140 Å². The van der Waals surface area contributed by atoms with Gasteiger partial charge >= 0.3 is 0 Å². The van der Waals surface area contributed by atoms with E-state index in [-0.39, 0.29) is 0 Å². The molecular formula is C19H31NO3. The summed E-state index contributed by atoms with van der Waals surface area (Å²) < 4.78 is 11.2. The number of ether oxygens (including phenoxy) is 2. The molecule has 0 radical (unpaired) electrons. The monoisotopic (exact) mass is 321 g/mol. The Morgan fingerprint density at radius 1 is 1.26 bits per heavy atom. The minimum Gasteiger partial charge on any atom is -0.491 e. The zero-order valence-corrected chi connectivity index (χ0v) is 14.7. The minimum absolute atomic E-state index is 0.335. The van der Waals surface area contributed by atoms with E-state index >= 15 is 0 Å². The quantitative estimate of drug-likeness (QED) is 0.799. The number of aliphatic hydroxyl groups excluding tert-OH is 1. The van der Waals surface area contributed by atoms with Crippen molar-refractivity contribution < 1.29 is 14.6 Å². The first-order chi connectivity index (χ1) is 11.1. The summed E-state index contributed by atoms with van der Waals surface area (Å²) in [5.41, 5.74) is 1.19. The standard InChI is InChI=1S/C19H31NO3/c1-15(2)18-6-4-5-7-19(18)23-14-17(21)13-20(3)12-16-8-10-22-11-9-16/h4-7,15-17,21H,8-14H2,1-3H3. The molecular weight excluding hydrogens is 290 g/mol. The van der Waals surface area contributed by atoms with Gasteiger partial charge in [-0.1, -0.05) is 32.0 Å². The van der Waals surface area contributed by atoms with Crippen LogP contribution in [-0.2, 0) is 4.74 Å². The highest BCUT2D eigenvalue weighted by atomic mass is 16.5. The highest BCUT2D eigenvalue weighted by Crippen LogP contribution is 2.25. The van der Waals surface area contributed by atoms with Crippen LogP contribution in [0.15, 0.2) is 24.3 Å². The van der Waals surface area contributed by atoms with Gasteiger partial charge in [0.05, 0.1) is 0 Å². The van der Waals surface area contributed by atoms with Crippen LogP contribution in [0.1, 0.15) is 38.2 Å². The second kappa shape index (κ2) is 9.26. The lowest BCUT2D eigenvalue weighted by molar-refractivity contribution is 0.0398. The van der Waals surface area contributed by atoms with Crippen LogP contribution < -0.4 is 4.74 Å². The summed E-state index contributed by atoms with van der Waals surface area (Å²) >= 11 is 0. The highest BCUT2D eigenvalue weighted by Gasteiger charge is 2.18. The van der Waals surface area contributed by atoms with Gasteiger partial charge in [0.25, 0.3) is 0 Å². The topological polar surface area (TPSA) is 41.9 Å². The number of hydrogen-bond donors (Lipinski definition) is 1. The van der Waals surface area contributed by atoms with E-state index in [2.05, 4.69) is 31.9 Å². The van der Waals surface area contributed by atoms with Gasteiger partial charge in [0.15, 0.2) is 0 Å². The van der Waals surface area contributed by atoms with E-state index < -0.39 is 6.10 Å². The van der Waals surface area contributed by atoms with Crippen LogP contribution in [0.5, 0.6) is 5.75 Å². The number of hydrogen-bond acceptors (Lipinski definition) is 4. The Kier molecular flexibility index (Phi) is 7.34. The van der Waals surface area contributed by atoms with Crippen LogP contribution in [0.3, 0.4) is 0 Å². The van der Waals surface area contributed by atoms with Crippen molar-refractivity contribution in [2.24, 2.45) is 5.92 Å². The molecule has 0 bridgehead atoms. The molecule has 1 N–H and O–H groups in total. The molecule has 1 atom stereocenters. The van der Waals surface area contributed by atoms with Gasteiger partial charge in [0.1, 0.15) is 18.5 Å². The highest BCUT2D eigenvalue weighted by molar-refractivity contribution is 5.35. The third kappa shape index (κ3) is 6.13. The zero-order valence-electron chi connectivity index (χ0n) is 14.7. The fraction of sp³-hybridized carbons (Fsp3) is 0.684. The molecule has 1 unspecified atom stereocenters. The van der Waals surface area contributed by atoms with Gasteiger partial charge in [-0.05, 0) is 43.4 Å². The maximum atomic E-state index is 10.2. The Balaban J connectivity index is 1.75. The van der Waals surface area contributed by atoms with E-state index in [0.29, 0.717) is 25.0 Å². The van der Waals surface area contributed by atoms with Crippen molar-refractivity contribution in [3.63, 3.8) is 0 Å². The van der Waals surface area contributed by atoms with Gasteiger partial charge in [-0.3, -0.25) is 0 Å². The zero-order chi connectivity index (χ0) is 16.7. The van der Waals surface area contributed by atoms with Crippen molar-refractivity contribution >= 4 is 0 Å². The largest absolute Gasteiger partial charge is 0.491 e. The van der Waals surface area contributed by atoms with Gasteiger partial charge in [0.2, 0.25) is 0 Å². The number of rotatable bonds is 8. The van der Waals surface area contributed by atoms with E-state index in [1.165, 1.54) is 5.56 Å². The molecule has 0 aromatic heterocycles. The molecule has 4 heteroatoms. The maximum absolute atomic E-state index is 10.2. The van der Waals surface area contributed by atoms with Crippen LogP contribution in [0.25, 0.3) is 0 Å². The lowest BCUT2D eigenvalue weighted by atomic mass is 10.00. The first-order valence-electron chi connectivity index (χ1n) is 8.72. The van der Waals surface area contributed by atoms with E-state index in [0.717, 1.165) is 38.3 Å². The van der Waals surface area contributed by atoms with Gasteiger partial charge in [-0.2, -0.15) is 0 Å². The van der Waals surface area contributed by atoms with Gasteiger partial charge in [-0.15, -0.1) is 0 Å². The molecule has 1 aromatic rings. The van der Waals surface area contributed by atoms with Crippen molar-refractivity contribution in [2.45, 2.75) is 38.7 Å². The second-order valence-electron chi connectivity index (χ2n) is 6.93. The molecule has 0 aliphatic carbocycles. The molecule has 0 spiro atoms. The number of nitrogens with zero attached hydrogens (tertiary/aromatic N) is 1. The fourth-order valence-electron chi connectivity index (χ4n) is 3.13. The predicted octanol–water partition coefficient (Wildman–Crippen LogP) is 2.91. The molecule has 1 aliphatic heterocycles. The Hall–Kier alpha value is -1.10. The van der Waals surface area contributed by atoms with Gasteiger partial charge < -0.3 is 19.5 Å². The van der Waals surface area contributed by atoms with E-state index in [4.69, 9.17) is 9.47 Å². The molecule has 4 nitrogen and oxygen atoms in total. The Morgan fingerprint density at radius 2 is 1.96 bits per heavy atom. The van der Waals surface area contributed by atoms with Crippen molar-refractivity contribution in [3.8, 4) is 5.75 Å². The van der Waals surface area contributed by atoms with Crippen molar-refractivity contribution in [3.05, 3.63) is 29.8 Å². The molecule has 1 fully saturated rings. The summed E-state index contributed by atoms with van der Waals surface area (Å²) in [6.45, 7) is 8.04. The van der Waals surface area contributed by atoms with Crippen molar-refractivity contribution in [1.29, 1.82) is 0 Å². The third-order valence-electron chi connectivity index (χ3n) is 4.41. The Bertz CT molecular complexity index is 458. The van der Waals surface area contributed by atoms with Crippen LogP contribution in [-0.4, -0.2) is 56.1 Å². The smallest absolute Gasteiger partial charge is 0.122 e. The first kappa shape index (κ1) is 18.2. The van der Waals surface area contributed by atoms with Crippen LogP contribution in [0.2, 0.25) is 0 Å². The first-order valence-corrected chi connectivity index (χ1v) is 8.72. The SMILES string of the molecule is CC(C)c1ccccc1OCC(O)CN(C)CC1CCOCC1. The van der Waals surface area contributed by atoms with Crippen LogP contribution in [0.4, 0.5) is 0 Å². The molecule has 0 amide bonds. The molecule has 1 saturated heterocycles.